The molecule has 0 spiro atoms. The van der Waals surface area contributed by atoms with Crippen LogP contribution in [0.15, 0.2) is 133 Å². The van der Waals surface area contributed by atoms with Gasteiger partial charge in [-0.2, -0.15) is 0 Å². The molecule has 0 unspecified atom stereocenters. The van der Waals surface area contributed by atoms with E-state index in [-0.39, 0.29) is 6.71 Å². The maximum atomic E-state index is 2.52. The van der Waals surface area contributed by atoms with E-state index in [0.717, 1.165) is 0 Å². The summed E-state index contributed by atoms with van der Waals surface area (Å²) in [4.78, 5) is 0. The fraction of sp³-hybridized carbons (Fsp3) is 0. The highest BCUT2D eigenvalue weighted by atomic mass is 15.0. The first-order chi connectivity index (χ1) is 18.9. The van der Waals surface area contributed by atoms with Crippen molar-refractivity contribution in [3.05, 3.63) is 133 Å². The zero-order valence-corrected chi connectivity index (χ0v) is 20.7. The maximum Gasteiger partial charge on any atom is 0.248 e. The number of nitrogens with zero attached hydrogens (tertiary/aromatic N) is 1. The molecule has 2 aliphatic heterocycles. The minimum Gasteiger partial charge on any atom is -0.310 e. The summed E-state index contributed by atoms with van der Waals surface area (Å²) in [5, 5.41) is 2.64. The zero-order chi connectivity index (χ0) is 24.8. The van der Waals surface area contributed by atoms with Gasteiger partial charge in [0.15, 0.2) is 0 Å². The minimum absolute atomic E-state index is 0.122. The van der Waals surface area contributed by atoms with Gasteiger partial charge in [0.1, 0.15) is 0 Å². The van der Waals surface area contributed by atoms with Crippen LogP contribution >= 0.6 is 0 Å². The van der Waals surface area contributed by atoms with E-state index in [1.54, 1.807) is 0 Å². The van der Waals surface area contributed by atoms with E-state index in [4.69, 9.17) is 0 Å². The normalized spacial score (nSPS) is 12.7. The molecule has 0 aliphatic carbocycles. The summed E-state index contributed by atoms with van der Waals surface area (Å²) >= 11 is 0. The number of hydrogen-bond donors (Lipinski definition) is 0. The lowest BCUT2D eigenvalue weighted by Gasteiger charge is -2.30. The third-order valence-electron chi connectivity index (χ3n) is 8.65. The molecule has 6 aromatic carbocycles. The Morgan fingerprint density at radius 1 is 0.395 bits per heavy atom. The number of hydrogen-bond acceptors (Lipinski definition) is 0. The lowest BCUT2D eigenvalue weighted by atomic mass is 9.34. The van der Waals surface area contributed by atoms with Crippen LogP contribution < -0.4 is 16.4 Å². The highest BCUT2D eigenvalue weighted by Gasteiger charge is 2.38. The standard InChI is InChI=1S/C36H22BN/c1-3-13-25-23(11-1)24-12-2-4-14-26(24)29-21-22-30-28-16-6-9-19-33(28)38-34-20-10-8-18-32(34)37(35(29)36(30)38)31-17-7-5-15-27(25)31/h1-22H. The van der Waals surface area contributed by atoms with E-state index < -0.39 is 0 Å². The summed E-state index contributed by atoms with van der Waals surface area (Å²) < 4.78 is 2.52. The number of aromatic nitrogens is 1. The fourth-order valence-corrected chi connectivity index (χ4v) is 7.17. The van der Waals surface area contributed by atoms with Crippen molar-refractivity contribution in [1.82, 2.24) is 4.57 Å². The fourth-order valence-electron chi connectivity index (χ4n) is 7.17. The quantitative estimate of drug-likeness (QED) is 0.208. The Kier molecular flexibility index (Phi) is 3.93. The second kappa shape index (κ2) is 7.37. The number of fused-ring (bicyclic) bond motifs is 13. The summed E-state index contributed by atoms with van der Waals surface area (Å²) in [6.45, 7) is 0.122. The molecule has 1 nitrogen and oxygen atoms in total. The molecule has 0 saturated carbocycles. The third kappa shape index (κ3) is 2.47. The van der Waals surface area contributed by atoms with Gasteiger partial charge in [-0.25, -0.2) is 0 Å². The Labute approximate surface area is 221 Å². The third-order valence-corrected chi connectivity index (χ3v) is 8.65. The molecule has 38 heavy (non-hydrogen) atoms. The van der Waals surface area contributed by atoms with Crippen LogP contribution in [-0.4, -0.2) is 11.3 Å². The first-order valence-electron chi connectivity index (χ1n) is 13.3. The van der Waals surface area contributed by atoms with Crippen LogP contribution in [0.3, 0.4) is 0 Å². The van der Waals surface area contributed by atoms with Crippen molar-refractivity contribution in [1.29, 1.82) is 0 Å². The van der Waals surface area contributed by atoms with E-state index in [1.165, 1.54) is 77.3 Å². The second-order valence-electron chi connectivity index (χ2n) is 10.4. The number of benzene rings is 6. The molecule has 0 fully saturated rings. The van der Waals surface area contributed by atoms with Gasteiger partial charge >= 0.3 is 0 Å². The lowest BCUT2D eigenvalue weighted by Crippen LogP contribution is -2.57. The van der Waals surface area contributed by atoms with Gasteiger partial charge in [0.05, 0.1) is 5.52 Å². The molecule has 1 aromatic heterocycles. The molecular formula is C36H22BN. The van der Waals surface area contributed by atoms with Gasteiger partial charge in [-0.05, 0) is 56.4 Å². The largest absolute Gasteiger partial charge is 0.310 e. The van der Waals surface area contributed by atoms with Crippen LogP contribution in [0.4, 0.5) is 0 Å². The highest BCUT2D eigenvalue weighted by Crippen LogP contribution is 2.42. The van der Waals surface area contributed by atoms with Crippen LogP contribution in [0, 0.1) is 0 Å². The average Bonchev–Trinajstić information content (AvgIpc) is 3.34. The molecule has 2 aliphatic rings. The van der Waals surface area contributed by atoms with Gasteiger partial charge in [0.2, 0.25) is 6.71 Å². The van der Waals surface area contributed by atoms with Crippen molar-refractivity contribution in [2.45, 2.75) is 0 Å². The Balaban J connectivity index is 1.59. The Morgan fingerprint density at radius 2 is 0.947 bits per heavy atom. The molecule has 0 amide bonds. The molecule has 9 rings (SSSR count). The van der Waals surface area contributed by atoms with Crippen LogP contribution in [-0.2, 0) is 0 Å². The Bertz CT molecular complexity index is 2100. The van der Waals surface area contributed by atoms with Gasteiger partial charge in [-0.1, -0.05) is 127 Å². The van der Waals surface area contributed by atoms with Crippen LogP contribution in [0.5, 0.6) is 0 Å². The predicted octanol–water partition coefficient (Wildman–Crippen LogP) is 6.93. The topological polar surface area (TPSA) is 4.93 Å². The predicted molar refractivity (Wildman–Crippen MR) is 162 cm³/mol. The summed E-state index contributed by atoms with van der Waals surface area (Å²) in [7, 11) is 0. The summed E-state index contributed by atoms with van der Waals surface area (Å²) in [5.41, 5.74) is 15.8. The Morgan fingerprint density at radius 3 is 1.71 bits per heavy atom. The van der Waals surface area contributed by atoms with E-state index in [2.05, 4.69) is 138 Å². The first-order valence-corrected chi connectivity index (χ1v) is 13.3. The van der Waals surface area contributed by atoms with Gasteiger partial charge in [-0.3, -0.25) is 0 Å². The summed E-state index contributed by atoms with van der Waals surface area (Å²) in [6.07, 6.45) is 0. The van der Waals surface area contributed by atoms with Gasteiger partial charge in [-0.15, -0.1) is 0 Å². The molecule has 3 heterocycles. The SMILES string of the molecule is c1ccc2c(c1)B1c3ccccc3-n3c4ccccc4c4ccc(c1c43)-c1ccccc1-c1ccccc1-2. The van der Waals surface area contributed by atoms with Crippen LogP contribution in [0.25, 0.3) is 60.9 Å². The van der Waals surface area contributed by atoms with E-state index in [1.807, 2.05) is 0 Å². The Hall–Kier alpha value is -4.82. The minimum atomic E-state index is 0.122. The molecule has 174 valence electrons. The second-order valence-corrected chi connectivity index (χ2v) is 10.4. The molecule has 0 atom stereocenters. The van der Waals surface area contributed by atoms with Gasteiger partial charge in [0.25, 0.3) is 0 Å². The van der Waals surface area contributed by atoms with E-state index in [9.17, 15) is 0 Å². The molecule has 0 bridgehead atoms. The van der Waals surface area contributed by atoms with Crippen molar-refractivity contribution in [3.63, 3.8) is 0 Å². The number of rotatable bonds is 0. The molecule has 7 aromatic rings. The van der Waals surface area contributed by atoms with Crippen molar-refractivity contribution >= 4 is 44.9 Å². The van der Waals surface area contributed by atoms with Crippen molar-refractivity contribution in [2.75, 3.05) is 0 Å². The monoisotopic (exact) mass is 479 g/mol. The van der Waals surface area contributed by atoms with E-state index >= 15 is 0 Å². The smallest absolute Gasteiger partial charge is 0.248 e. The average molecular weight is 479 g/mol. The van der Waals surface area contributed by atoms with Crippen LogP contribution in [0.1, 0.15) is 0 Å². The van der Waals surface area contributed by atoms with Crippen LogP contribution in [0.2, 0.25) is 0 Å². The maximum absolute atomic E-state index is 2.52. The molecule has 2 heteroatoms. The van der Waals surface area contributed by atoms with Gasteiger partial charge in [0, 0.05) is 22.0 Å². The summed E-state index contributed by atoms with van der Waals surface area (Å²) in [6, 6.07) is 49.6. The first kappa shape index (κ1) is 20.3. The van der Waals surface area contributed by atoms with E-state index in [0.29, 0.717) is 0 Å². The summed E-state index contributed by atoms with van der Waals surface area (Å²) in [5.74, 6) is 0. The zero-order valence-electron chi connectivity index (χ0n) is 20.7. The highest BCUT2D eigenvalue weighted by molar-refractivity contribution is 6.99. The number of para-hydroxylation sites is 2. The molecule has 0 N–H and O–H groups in total. The van der Waals surface area contributed by atoms with Gasteiger partial charge < -0.3 is 4.57 Å². The molecule has 0 saturated heterocycles. The van der Waals surface area contributed by atoms with Crippen molar-refractivity contribution in [2.24, 2.45) is 0 Å². The molecule has 0 radical (unpaired) electrons. The molecular weight excluding hydrogens is 457 g/mol. The van der Waals surface area contributed by atoms with Crippen molar-refractivity contribution < 1.29 is 0 Å². The van der Waals surface area contributed by atoms with Crippen molar-refractivity contribution in [3.8, 4) is 39.1 Å². The lowest BCUT2D eigenvalue weighted by molar-refractivity contribution is 1.19.